The van der Waals surface area contributed by atoms with Crippen molar-refractivity contribution >= 4 is 27.5 Å². The Morgan fingerprint density at radius 3 is 2.27 bits per heavy atom. The number of alkyl carbamates (subject to hydrolysis) is 1. The Bertz CT molecular complexity index is 1980. The van der Waals surface area contributed by atoms with E-state index in [4.69, 9.17) is 13.9 Å². The van der Waals surface area contributed by atoms with Crippen LogP contribution in [0.15, 0.2) is 71.1 Å². The number of nitrogens with zero attached hydrogens (tertiary/aromatic N) is 3. The van der Waals surface area contributed by atoms with Gasteiger partial charge in [0.25, 0.3) is 11.8 Å². The number of sulfone groups is 1. The molecule has 0 unspecified atom stereocenters. The van der Waals surface area contributed by atoms with E-state index in [0.717, 1.165) is 17.2 Å². The Labute approximate surface area is 281 Å². The Morgan fingerprint density at radius 1 is 1.02 bits per heavy atom. The highest BCUT2D eigenvalue weighted by Crippen LogP contribution is 2.45. The molecule has 0 spiro atoms. The molecule has 0 saturated heterocycles. The highest BCUT2D eigenvalue weighted by Gasteiger charge is 2.47. The van der Waals surface area contributed by atoms with E-state index < -0.39 is 73.4 Å². The molecule has 1 aliphatic heterocycles. The summed E-state index contributed by atoms with van der Waals surface area (Å²) in [5, 5.41) is 9.84. The number of hydrogen-bond donors (Lipinski definition) is 1. The molecule has 49 heavy (non-hydrogen) atoms. The molecule has 5 rings (SSSR count). The quantitative estimate of drug-likeness (QED) is 0.209. The SMILES string of the molecule is CC(C)(C)OC(=O)N[C@H]1CC(F)(F)c2cc(F)c(-c3nnc(C(C)(C)S(C)(=O)=O)o3)cc2N(Cc2ccc(Oc3ccccc3)cc2)C1=O. The van der Waals surface area contributed by atoms with Crippen LogP contribution in [0.1, 0.15) is 58.1 Å². The number of carbonyl (C=O) groups excluding carboxylic acids is 2. The minimum absolute atomic E-state index is 0.276. The fraction of sp³-hybridized carbons (Fsp3) is 0.353. The van der Waals surface area contributed by atoms with E-state index in [1.807, 2.05) is 18.2 Å². The van der Waals surface area contributed by atoms with Crippen molar-refractivity contribution < 1.29 is 45.1 Å². The summed E-state index contributed by atoms with van der Waals surface area (Å²) < 4.78 is 87.3. The van der Waals surface area contributed by atoms with Crippen molar-refractivity contribution in [3.8, 4) is 23.0 Å². The Hall–Kier alpha value is -4.92. The van der Waals surface area contributed by atoms with Crippen molar-refractivity contribution in [3.05, 3.63) is 89.6 Å². The summed E-state index contributed by atoms with van der Waals surface area (Å²) in [5.74, 6) is -5.69. The van der Waals surface area contributed by atoms with Crippen LogP contribution < -0.4 is 15.0 Å². The largest absolute Gasteiger partial charge is 0.457 e. The van der Waals surface area contributed by atoms with Crippen LogP contribution in [-0.2, 0) is 36.6 Å². The molecule has 1 N–H and O–H groups in total. The average molecular weight is 701 g/mol. The predicted molar refractivity (Wildman–Crippen MR) is 173 cm³/mol. The zero-order chi connectivity index (χ0) is 35.9. The second-order valence-electron chi connectivity index (χ2n) is 13.1. The van der Waals surface area contributed by atoms with Crippen LogP contribution in [0, 0.1) is 5.82 Å². The summed E-state index contributed by atoms with van der Waals surface area (Å²) in [6.45, 7) is 7.10. The third-order valence-electron chi connectivity index (χ3n) is 7.83. The smallest absolute Gasteiger partial charge is 0.408 e. The topological polar surface area (TPSA) is 141 Å². The maximum atomic E-state index is 16.0. The van der Waals surface area contributed by atoms with Gasteiger partial charge in [-0.05, 0) is 76.6 Å². The van der Waals surface area contributed by atoms with Gasteiger partial charge in [-0.2, -0.15) is 0 Å². The van der Waals surface area contributed by atoms with Crippen LogP contribution >= 0.6 is 0 Å². The lowest BCUT2D eigenvalue weighted by molar-refractivity contribution is -0.123. The van der Waals surface area contributed by atoms with Crippen LogP contribution in [0.2, 0.25) is 0 Å². The summed E-state index contributed by atoms with van der Waals surface area (Å²) >= 11 is 0. The monoisotopic (exact) mass is 700 g/mol. The van der Waals surface area contributed by atoms with Crippen LogP contribution in [0.25, 0.3) is 11.5 Å². The standard InChI is InChI=1S/C34H35F3N4O7S/c1-32(2,3)48-31(43)38-26-18-34(36,37)24-17-25(35)23(28-39-40-30(47-28)33(4,5)49(6,44)45)16-27(24)41(29(26)42)19-20-12-14-22(15-13-20)46-21-10-8-7-9-11-21/h7-17,26H,18-19H2,1-6H3,(H,38,43)/t26-/m0/s1. The maximum Gasteiger partial charge on any atom is 0.408 e. The molecule has 1 aromatic heterocycles. The molecule has 260 valence electrons. The van der Waals surface area contributed by atoms with E-state index in [2.05, 4.69) is 15.5 Å². The van der Waals surface area contributed by atoms with Crippen LogP contribution in [0.4, 0.5) is 23.7 Å². The van der Waals surface area contributed by atoms with Crippen molar-refractivity contribution in [2.45, 2.75) is 69.9 Å². The van der Waals surface area contributed by atoms with Crippen molar-refractivity contribution in [2.24, 2.45) is 0 Å². The van der Waals surface area contributed by atoms with Gasteiger partial charge in [0.05, 0.1) is 17.8 Å². The van der Waals surface area contributed by atoms with E-state index in [-0.39, 0.29) is 18.1 Å². The average Bonchev–Trinajstić information content (AvgIpc) is 3.48. The van der Waals surface area contributed by atoms with Gasteiger partial charge in [-0.25, -0.2) is 26.4 Å². The van der Waals surface area contributed by atoms with Crippen molar-refractivity contribution in [2.75, 3.05) is 11.2 Å². The lowest BCUT2D eigenvalue weighted by Crippen LogP contribution is -2.49. The molecule has 0 bridgehead atoms. The zero-order valence-electron chi connectivity index (χ0n) is 27.6. The fourth-order valence-corrected chi connectivity index (χ4v) is 5.33. The number of benzene rings is 3. The number of rotatable bonds is 8. The minimum Gasteiger partial charge on any atom is -0.457 e. The van der Waals surface area contributed by atoms with Gasteiger partial charge in [0.2, 0.25) is 11.8 Å². The van der Waals surface area contributed by atoms with Gasteiger partial charge in [-0.1, -0.05) is 30.3 Å². The second-order valence-corrected chi connectivity index (χ2v) is 15.7. The second kappa shape index (κ2) is 12.8. The Morgan fingerprint density at radius 2 is 1.65 bits per heavy atom. The number of anilines is 1. The van der Waals surface area contributed by atoms with Crippen LogP contribution in [0.5, 0.6) is 11.5 Å². The molecular weight excluding hydrogens is 665 g/mol. The fourth-order valence-electron chi connectivity index (χ4n) is 4.93. The Kier molecular flexibility index (Phi) is 9.27. The predicted octanol–water partition coefficient (Wildman–Crippen LogP) is 6.87. The number of halogens is 3. The van der Waals surface area contributed by atoms with E-state index >= 15 is 13.2 Å². The lowest BCUT2D eigenvalue weighted by atomic mass is 9.99. The van der Waals surface area contributed by atoms with E-state index in [9.17, 15) is 18.0 Å². The van der Waals surface area contributed by atoms with Gasteiger partial charge in [0.15, 0.2) is 9.84 Å². The highest BCUT2D eigenvalue weighted by molar-refractivity contribution is 7.91. The molecule has 11 nitrogen and oxygen atoms in total. The number of nitrogens with one attached hydrogen (secondary N) is 1. The van der Waals surface area contributed by atoms with Gasteiger partial charge in [0.1, 0.15) is 33.7 Å². The third-order valence-corrected chi connectivity index (χ3v) is 9.85. The number of fused-ring (bicyclic) bond motifs is 1. The summed E-state index contributed by atoms with van der Waals surface area (Å²) in [6, 6.07) is 15.3. The van der Waals surface area contributed by atoms with Gasteiger partial charge in [-0.3, -0.25) is 4.79 Å². The summed E-state index contributed by atoms with van der Waals surface area (Å²) in [5.41, 5.74) is -2.15. The number of aromatic nitrogens is 2. The molecule has 1 aliphatic rings. The van der Waals surface area contributed by atoms with E-state index in [0.29, 0.717) is 23.1 Å². The van der Waals surface area contributed by atoms with Crippen LogP contribution in [-0.4, -0.2) is 48.5 Å². The number of para-hydroxylation sites is 1. The first-order valence-electron chi connectivity index (χ1n) is 15.1. The highest BCUT2D eigenvalue weighted by atomic mass is 32.2. The molecule has 0 saturated carbocycles. The third kappa shape index (κ3) is 7.71. The zero-order valence-corrected chi connectivity index (χ0v) is 28.4. The molecule has 2 heterocycles. The maximum absolute atomic E-state index is 16.0. The summed E-state index contributed by atoms with van der Waals surface area (Å²) in [6.07, 6.45) is -1.31. The molecule has 0 aliphatic carbocycles. The first kappa shape index (κ1) is 35.4. The number of carbonyl (C=O) groups is 2. The minimum atomic E-state index is -3.82. The van der Waals surface area contributed by atoms with Crippen molar-refractivity contribution in [3.63, 3.8) is 0 Å². The molecule has 15 heteroatoms. The van der Waals surface area contributed by atoms with Gasteiger partial charge < -0.3 is 24.1 Å². The number of ether oxygens (including phenoxy) is 2. The molecule has 0 fully saturated rings. The number of hydrogen-bond acceptors (Lipinski definition) is 9. The van der Waals surface area contributed by atoms with Gasteiger partial charge in [-0.15, -0.1) is 10.2 Å². The lowest BCUT2D eigenvalue weighted by Gasteiger charge is -2.27. The number of alkyl halides is 2. The van der Waals surface area contributed by atoms with Gasteiger partial charge in [0, 0.05) is 18.2 Å². The number of amides is 2. The first-order chi connectivity index (χ1) is 22.7. The van der Waals surface area contributed by atoms with Crippen molar-refractivity contribution in [1.29, 1.82) is 0 Å². The Balaban J connectivity index is 1.58. The molecule has 3 aromatic carbocycles. The summed E-state index contributed by atoms with van der Waals surface area (Å²) in [7, 11) is -3.76. The van der Waals surface area contributed by atoms with Gasteiger partial charge >= 0.3 is 6.09 Å². The normalized spacial score (nSPS) is 16.5. The van der Waals surface area contributed by atoms with E-state index in [1.54, 1.807) is 57.2 Å². The molecule has 2 amide bonds. The first-order valence-corrected chi connectivity index (χ1v) is 17.0. The molecule has 4 aromatic rings. The van der Waals surface area contributed by atoms with E-state index in [1.165, 1.54) is 13.8 Å². The van der Waals surface area contributed by atoms with Crippen molar-refractivity contribution in [1.82, 2.24) is 15.5 Å². The summed E-state index contributed by atoms with van der Waals surface area (Å²) in [4.78, 5) is 27.8. The molecule has 0 radical (unpaired) electrons. The molecular formula is C34H35F3N4O7S. The van der Waals surface area contributed by atoms with Crippen LogP contribution in [0.3, 0.4) is 0 Å². The molecule has 1 atom stereocenters.